The second kappa shape index (κ2) is 6.80. The molecule has 2 rings (SSSR count). The summed E-state index contributed by atoms with van der Waals surface area (Å²) < 4.78 is 0. The lowest BCUT2D eigenvalue weighted by Gasteiger charge is -2.25. The number of amides is 1. The summed E-state index contributed by atoms with van der Waals surface area (Å²) in [7, 11) is 1.98. The first-order chi connectivity index (χ1) is 8.70. The topological polar surface area (TPSA) is 32.3 Å². The molecule has 18 heavy (non-hydrogen) atoms. The highest BCUT2D eigenvalue weighted by Crippen LogP contribution is 2.32. The Labute approximate surface area is 115 Å². The fourth-order valence-electron chi connectivity index (χ4n) is 2.69. The van der Waals surface area contributed by atoms with Crippen molar-refractivity contribution in [2.24, 2.45) is 5.92 Å². The van der Waals surface area contributed by atoms with E-state index in [-0.39, 0.29) is 5.91 Å². The maximum atomic E-state index is 12.1. The minimum atomic E-state index is 0.266. The second-order valence-corrected chi connectivity index (χ2v) is 7.20. The van der Waals surface area contributed by atoms with Crippen molar-refractivity contribution in [2.75, 3.05) is 25.9 Å². The third-order valence-electron chi connectivity index (χ3n) is 4.11. The van der Waals surface area contributed by atoms with E-state index < -0.39 is 0 Å². The summed E-state index contributed by atoms with van der Waals surface area (Å²) in [5.41, 5.74) is 0. The first kappa shape index (κ1) is 14.2. The SMILES string of the molecule is CCS[C@@H]1CC[C@@H](N(C)C(=O)CNCC2CC2)C1. The highest BCUT2D eigenvalue weighted by atomic mass is 32.2. The van der Waals surface area contributed by atoms with Gasteiger partial charge in [0, 0.05) is 18.3 Å². The van der Waals surface area contributed by atoms with E-state index in [1.807, 2.05) is 23.7 Å². The maximum Gasteiger partial charge on any atom is 0.236 e. The summed E-state index contributed by atoms with van der Waals surface area (Å²) in [6.07, 6.45) is 6.33. The Kier molecular flexibility index (Phi) is 5.37. The third kappa shape index (κ3) is 4.16. The molecule has 0 spiro atoms. The monoisotopic (exact) mass is 270 g/mol. The zero-order valence-electron chi connectivity index (χ0n) is 11.7. The molecule has 1 N–H and O–H groups in total. The molecule has 2 saturated carbocycles. The van der Waals surface area contributed by atoms with Crippen molar-refractivity contribution < 1.29 is 4.79 Å². The summed E-state index contributed by atoms with van der Waals surface area (Å²) in [6.45, 7) is 3.77. The van der Waals surface area contributed by atoms with E-state index in [1.54, 1.807) is 0 Å². The Hall–Kier alpha value is -0.220. The van der Waals surface area contributed by atoms with Crippen molar-refractivity contribution in [2.45, 2.75) is 50.3 Å². The number of rotatable bonds is 7. The zero-order chi connectivity index (χ0) is 13.0. The molecule has 2 aliphatic rings. The molecule has 0 saturated heterocycles. The van der Waals surface area contributed by atoms with Crippen molar-refractivity contribution in [3.8, 4) is 0 Å². The lowest BCUT2D eigenvalue weighted by atomic mass is 10.2. The van der Waals surface area contributed by atoms with Gasteiger partial charge in [-0.05, 0) is 50.3 Å². The molecule has 0 aromatic carbocycles. The van der Waals surface area contributed by atoms with Crippen molar-refractivity contribution in [1.82, 2.24) is 10.2 Å². The van der Waals surface area contributed by atoms with Crippen LogP contribution in [0, 0.1) is 5.92 Å². The molecule has 0 aromatic heterocycles. The Balaban J connectivity index is 1.65. The van der Waals surface area contributed by atoms with Gasteiger partial charge < -0.3 is 10.2 Å². The molecule has 0 radical (unpaired) electrons. The average Bonchev–Trinajstić information content (AvgIpc) is 3.06. The quantitative estimate of drug-likeness (QED) is 0.769. The van der Waals surface area contributed by atoms with Crippen molar-refractivity contribution in [3.05, 3.63) is 0 Å². The van der Waals surface area contributed by atoms with Crippen molar-refractivity contribution in [3.63, 3.8) is 0 Å². The lowest BCUT2D eigenvalue weighted by molar-refractivity contribution is -0.130. The number of carbonyl (C=O) groups is 1. The normalized spacial score (nSPS) is 27.4. The molecule has 0 bridgehead atoms. The van der Waals surface area contributed by atoms with E-state index in [1.165, 1.54) is 37.9 Å². The van der Waals surface area contributed by atoms with Crippen LogP contribution in [-0.2, 0) is 4.79 Å². The van der Waals surface area contributed by atoms with E-state index in [4.69, 9.17) is 0 Å². The average molecular weight is 270 g/mol. The van der Waals surface area contributed by atoms with Gasteiger partial charge in [0.05, 0.1) is 6.54 Å². The molecule has 104 valence electrons. The number of carbonyl (C=O) groups excluding carboxylic acids is 1. The fraction of sp³-hybridized carbons (Fsp3) is 0.929. The van der Waals surface area contributed by atoms with Gasteiger partial charge in [-0.2, -0.15) is 11.8 Å². The standard InChI is InChI=1S/C14H26N2OS/c1-3-18-13-7-6-12(8-13)16(2)14(17)10-15-9-11-4-5-11/h11-13,15H,3-10H2,1-2H3/t12-,13-/m1/s1. The van der Waals surface area contributed by atoms with Crippen LogP contribution in [0.2, 0.25) is 0 Å². The minimum absolute atomic E-state index is 0.266. The van der Waals surface area contributed by atoms with E-state index in [2.05, 4.69) is 12.2 Å². The zero-order valence-corrected chi connectivity index (χ0v) is 12.5. The Morgan fingerprint density at radius 2 is 2.11 bits per heavy atom. The Morgan fingerprint density at radius 3 is 2.78 bits per heavy atom. The highest BCUT2D eigenvalue weighted by molar-refractivity contribution is 7.99. The van der Waals surface area contributed by atoms with Gasteiger partial charge in [-0.1, -0.05) is 6.92 Å². The first-order valence-electron chi connectivity index (χ1n) is 7.28. The molecule has 4 heteroatoms. The maximum absolute atomic E-state index is 12.1. The van der Waals surface area contributed by atoms with Gasteiger partial charge in [0.15, 0.2) is 0 Å². The van der Waals surface area contributed by atoms with Gasteiger partial charge in [0.1, 0.15) is 0 Å². The number of hydrogen-bond donors (Lipinski definition) is 1. The molecular weight excluding hydrogens is 244 g/mol. The smallest absolute Gasteiger partial charge is 0.236 e. The predicted molar refractivity (Wildman–Crippen MR) is 77.9 cm³/mol. The number of thioether (sulfide) groups is 1. The van der Waals surface area contributed by atoms with Gasteiger partial charge in [-0.25, -0.2) is 0 Å². The van der Waals surface area contributed by atoms with Gasteiger partial charge >= 0.3 is 0 Å². The molecule has 0 heterocycles. The molecular formula is C14H26N2OS. The number of likely N-dealkylation sites (N-methyl/N-ethyl adjacent to an activating group) is 1. The number of nitrogens with one attached hydrogen (secondary N) is 1. The van der Waals surface area contributed by atoms with Crippen LogP contribution in [0.5, 0.6) is 0 Å². The molecule has 1 amide bonds. The molecule has 2 aliphatic carbocycles. The van der Waals surface area contributed by atoms with Crippen LogP contribution in [0.15, 0.2) is 0 Å². The Morgan fingerprint density at radius 1 is 1.33 bits per heavy atom. The largest absolute Gasteiger partial charge is 0.342 e. The van der Waals surface area contributed by atoms with Crippen LogP contribution in [0.4, 0.5) is 0 Å². The van der Waals surface area contributed by atoms with Gasteiger partial charge in [0.25, 0.3) is 0 Å². The van der Waals surface area contributed by atoms with Crippen LogP contribution >= 0.6 is 11.8 Å². The molecule has 2 atom stereocenters. The van der Waals surface area contributed by atoms with Gasteiger partial charge in [-0.3, -0.25) is 4.79 Å². The number of hydrogen-bond acceptors (Lipinski definition) is 3. The molecule has 3 nitrogen and oxygen atoms in total. The van der Waals surface area contributed by atoms with E-state index in [0.29, 0.717) is 12.6 Å². The molecule has 2 fully saturated rings. The summed E-state index contributed by atoms with van der Waals surface area (Å²) in [4.78, 5) is 14.0. The predicted octanol–water partition coefficient (Wildman–Crippen LogP) is 2.12. The van der Waals surface area contributed by atoms with Crippen LogP contribution in [-0.4, -0.2) is 48.0 Å². The fourth-order valence-corrected chi connectivity index (χ4v) is 3.82. The third-order valence-corrected chi connectivity index (χ3v) is 5.34. The highest BCUT2D eigenvalue weighted by Gasteiger charge is 2.29. The summed E-state index contributed by atoms with van der Waals surface area (Å²) in [5.74, 6) is 2.31. The van der Waals surface area contributed by atoms with Gasteiger partial charge in [-0.15, -0.1) is 0 Å². The van der Waals surface area contributed by atoms with Crippen LogP contribution < -0.4 is 5.32 Å². The minimum Gasteiger partial charge on any atom is -0.342 e. The van der Waals surface area contributed by atoms with Crippen LogP contribution in [0.25, 0.3) is 0 Å². The van der Waals surface area contributed by atoms with E-state index in [0.717, 1.165) is 17.7 Å². The summed E-state index contributed by atoms with van der Waals surface area (Å²) in [6, 6.07) is 0.476. The Bertz CT molecular complexity index is 281. The van der Waals surface area contributed by atoms with E-state index >= 15 is 0 Å². The molecule has 0 unspecified atom stereocenters. The summed E-state index contributed by atoms with van der Waals surface area (Å²) >= 11 is 2.05. The first-order valence-corrected chi connectivity index (χ1v) is 8.33. The van der Waals surface area contributed by atoms with Crippen molar-refractivity contribution >= 4 is 17.7 Å². The molecule has 0 aliphatic heterocycles. The summed E-state index contributed by atoms with van der Waals surface area (Å²) in [5, 5.41) is 4.06. The second-order valence-electron chi connectivity index (χ2n) is 5.62. The van der Waals surface area contributed by atoms with E-state index in [9.17, 15) is 4.79 Å². The van der Waals surface area contributed by atoms with Crippen molar-refractivity contribution in [1.29, 1.82) is 0 Å². The lowest BCUT2D eigenvalue weighted by Crippen LogP contribution is -2.41. The van der Waals surface area contributed by atoms with Gasteiger partial charge in [0.2, 0.25) is 5.91 Å². The van der Waals surface area contributed by atoms with Crippen LogP contribution in [0.1, 0.15) is 39.0 Å². The van der Waals surface area contributed by atoms with Crippen LogP contribution in [0.3, 0.4) is 0 Å². The number of nitrogens with zero attached hydrogens (tertiary/aromatic N) is 1. The molecule has 0 aromatic rings.